The number of pyridine rings is 1. The van der Waals surface area contributed by atoms with Crippen LogP contribution in [0.1, 0.15) is 5.56 Å². The molecule has 0 unspecified atom stereocenters. The maximum atomic E-state index is 5.35. The lowest BCUT2D eigenvalue weighted by atomic mass is 10.1. The highest BCUT2D eigenvalue weighted by atomic mass is 16.5. The smallest absolute Gasteiger partial charge is 0.119 e. The van der Waals surface area contributed by atoms with Crippen LogP contribution in [0.2, 0.25) is 0 Å². The summed E-state index contributed by atoms with van der Waals surface area (Å²) in [6.07, 6.45) is 7.06. The van der Waals surface area contributed by atoms with Crippen LogP contribution in [-0.4, -0.2) is 12.1 Å². The van der Waals surface area contributed by atoms with Crippen LogP contribution in [0, 0.1) is 12.3 Å². The Morgan fingerprint density at radius 3 is 2.88 bits per heavy atom. The molecule has 78 valence electrons. The van der Waals surface area contributed by atoms with E-state index in [9.17, 15) is 0 Å². The lowest BCUT2D eigenvalue weighted by Gasteiger charge is -2.04. The van der Waals surface area contributed by atoms with E-state index in [0.29, 0.717) is 0 Å². The van der Waals surface area contributed by atoms with Gasteiger partial charge in [-0.2, -0.15) is 0 Å². The molecule has 0 fully saturated rings. The Kier molecular flexibility index (Phi) is 2.88. The van der Waals surface area contributed by atoms with Gasteiger partial charge in [-0.15, -0.1) is 6.42 Å². The summed E-state index contributed by atoms with van der Waals surface area (Å²) in [6.45, 7) is 0. The molecule has 0 amide bonds. The second-order valence-corrected chi connectivity index (χ2v) is 3.31. The molecule has 0 bridgehead atoms. The van der Waals surface area contributed by atoms with Gasteiger partial charge >= 0.3 is 0 Å². The Balaban J connectivity index is 2.46. The minimum absolute atomic E-state index is 0.811. The van der Waals surface area contributed by atoms with E-state index >= 15 is 0 Å². The highest BCUT2D eigenvalue weighted by molar-refractivity contribution is 5.62. The van der Waals surface area contributed by atoms with Gasteiger partial charge in [0.2, 0.25) is 0 Å². The summed E-state index contributed by atoms with van der Waals surface area (Å²) in [5.41, 5.74) is 2.68. The van der Waals surface area contributed by atoms with Gasteiger partial charge in [0.15, 0.2) is 0 Å². The Hall–Kier alpha value is -2.27. The highest BCUT2D eigenvalue weighted by Gasteiger charge is 2.01. The molecule has 0 aliphatic rings. The van der Waals surface area contributed by atoms with Gasteiger partial charge in [0.25, 0.3) is 0 Å². The molecule has 1 heterocycles. The van der Waals surface area contributed by atoms with Crippen LogP contribution in [0.15, 0.2) is 42.6 Å². The number of methoxy groups -OCH3 is 1. The van der Waals surface area contributed by atoms with Crippen LogP contribution in [-0.2, 0) is 0 Å². The Morgan fingerprint density at radius 1 is 1.25 bits per heavy atom. The molecule has 2 heteroatoms. The van der Waals surface area contributed by atoms with E-state index in [1.54, 1.807) is 13.3 Å². The lowest BCUT2D eigenvalue weighted by molar-refractivity contribution is 0.415. The zero-order valence-corrected chi connectivity index (χ0v) is 8.97. The topological polar surface area (TPSA) is 22.1 Å². The van der Waals surface area contributed by atoms with E-state index in [1.165, 1.54) is 0 Å². The summed E-state index contributed by atoms with van der Waals surface area (Å²) in [5, 5.41) is 0. The molecule has 0 spiro atoms. The fraction of sp³-hybridized carbons (Fsp3) is 0.0714. The third kappa shape index (κ3) is 2.04. The second kappa shape index (κ2) is 4.50. The molecule has 0 saturated carbocycles. The largest absolute Gasteiger partial charge is 0.497 e. The molecule has 0 atom stereocenters. The first-order valence-electron chi connectivity index (χ1n) is 4.90. The van der Waals surface area contributed by atoms with Crippen molar-refractivity contribution in [3.05, 3.63) is 48.2 Å². The number of nitrogens with zero attached hydrogens (tertiary/aromatic N) is 1. The molecule has 1 aromatic heterocycles. The van der Waals surface area contributed by atoms with Crippen molar-refractivity contribution in [1.29, 1.82) is 0 Å². The Morgan fingerprint density at radius 2 is 2.12 bits per heavy atom. The molecule has 0 N–H and O–H groups in total. The van der Waals surface area contributed by atoms with Gasteiger partial charge in [-0.25, -0.2) is 0 Å². The van der Waals surface area contributed by atoms with Gasteiger partial charge in [-0.05, 0) is 24.3 Å². The maximum absolute atomic E-state index is 5.35. The van der Waals surface area contributed by atoms with Gasteiger partial charge in [0, 0.05) is 17.3 Å². The molecule has 0 aliphatic heterocycles. The number of hydrogen-bond donors (Lipinski definition) is 0. The molecule has 2 nitrogen and oxygen atoms in total. The van der Waals surface area contributed by atoms with Crippen LogP contribution in [0.4, 0.5) is 0 Å². The van der Waals surface area contributed by atoms with Crippen LogP contribution in [0.25, 0.3) is 11.3 Å². The first-order valence-corrected chi connectivity index (χ1v) is 4.90. The lowest BCUT2D eigenvalue weighted by Crippen LogP contribution is -1.87. The molecule has 0 radical (unpaired) electrons. The average Bonchev–Trinajstić information content (AvgIpc) is 2.39. The number of rotatable bonds is 2. The summed E-state index contributed by atoms with van der Waals surface area (Å²) in [6, 6.07) is 11.4. The van der Waals surface area contributed by atoms with Gasteiger partial charge in [0.1, 0.15) is 5.75 Å². The van der Waals surface area contributed by atoms with Crippen molar-refractivity contribution in [2.24, 2.45) is 0 Å². The number of benzene rings is 1. The molecule has 0 aliphatic carbocycles. The third-order valence-corrected chi connectivity index (χ3v) is 2.29. The summed E-state index contributed by atoms with van der Waals surface area (Å²) in [4.78, 5) is 4.28. The van der Waals surface area contributed by atoms with Crippen molar-refractivity contribution in [3.8, 4) is 29.4 Å². The number of terminal acetylenes is 1. The number of aromatic nitrogens is 1. The number of hydrogen-bond acceptors (Lipinski definition) is 2. The van der Waals surface area contributed by atoms with E-state index in [1.807, 2.05) is 36.4 Å². The van der Waals surface area contributed by atoms with Crippen LogP contribution in [0.5, 0.6) is 5.75 Å². The SMILES string of the molecule is C#Cc1ccnc(-c2cccc(OC)c2)c1. The maximum Gasteiger partial charge on any atom is 0.119 e. The summed E-state index contributed by atoms with van der Waals surface area (Å²) < 4.78 is 5.16. The first kappa shape index (κ1) is 10.3. The summed E-state index contributed by atoms with van der Waals surface area (Å²) in [7, 11) is 1.64. The van der Waals surface area contributed by atoms with E-state index in [2.05, 4.69) is 10.9 Å². The van der Waals surface area contributed by atoms with Crippen molar-refractivity contribution in [2.45, 2.75) is 0 Å². The van der Waals surface area contributed by atoms with Crippen molar-refractivity contribution >= 4 is 0 Å². The molecule has 2 rings (SSSR count). The van der Waals surface area contributed by atoms with E-state index in [0.717, 1.165) is 22.6 Å². The van der Waals surface area contributed by atoms with Crippen LogP contribution in [0.3, 0.4) is 0 Å². The van der Waals surface area contributed by atoms with E-state index in [4.69, 9.17) is 11.2 Å². The van der Waals surface area contributed by atoms with Crippen LogP contribution >= 0.6 is 0 Å². The quantitative estimate of drug-likeness (QED) is 0.709. The Bertz CT molecular complexity index is 540. The fourth-order valence-corrected chi connectivity index (χ4v) is 1.46. The molecular weight excluding hydrogens is 198 g/mol. The van der Waals surface area contributed by atoms with Crippen molar-refractivity contribution < 1.29 is 4.74 Å². The van der Waals surface area contributed by atoms with Crippen molar-refractivity contribution in [2.75, 3.05) is 7.11 Å². The van der Waals surface area contributed by atoms with E-state index < -0.39 is 0 Å². The van der Waals surface area contributed by atoms with E-state index in [-0.39, 0.29) is 0 Å². The molecule has 16 heavy (non-hydrogen) atoms. The predicted octanol–water partition coefficient (Wildman–Crippen LogP) is 2.74. The average molecular weight is 209 g/mol. The second-order valence-electron chi connectivity index (χ2n) is 3.31. The highest BCUT2D eigenvalue weighted by Crippen LogP contribution is 2.22. The predicted molar refractivity (Wildman–Crippen MR) is 64.2 cm³/mol. The van der Waals surface area contributed by atoms with Gasteiger partial charge in [0.05, 0.1) is 12.8 Å². The minimum atomic E-state index is 0.811. The zero-order chi connectivity index (χ0) is 11.4. The molecule has 2 aromatic rings. The monoisotopic (exact) mass is 209 g/mol. The normalized spacial score (nSPS) is 9.50. The van der Waals surface area contributed by atoms with Gasteiger partial charge in [-0.3, -0.25) is 4.98 Å². The number of ether oxygens (including phenoxy) is 1. The third-order valence-electron chi connectivity index (χ3n) is 2.29. The first-order chi connectivity index (χ1) is 7.83. The summed E-state index contributed by atoms with van der Waals surface area (Å²) >= 11 is 0. The van der Waals surface area contributed by atoms with Gasteiger partial charge in [-0.1, -0.05) is 18.1 Å². The molecule has 0 saturated heterocycles. The minimum Gasteiger partial charge on any atom is -0.497 e. The molecule has 1 aromatic carbocycles. The Labute approximate surface area is 94.9 Å². The molecular formula is C14H11NO. The summed E-state index contributed by atoms with van der Waals surface area (Å²) in [5.74, 6) is 3.41. The van der Waals surface area contributed by atoms with Crippen LogP contribution < -0.4 is 4.74 Å². The van der Waals surface area contributed by atoms with Gasteiger partial charge < -0.3 is 4.74 Å². The fourth-order valence-electron chi connectivity index (χ4n) is 1.46. The standard InChI is InChI=1S/C14H11NO/c1-3-11-7-8-15-14(9-11)12-5-4-6-13(10-12)16-2/h1,4-10H,2H3. The van der Waals surface area contributed by atoms with Crippen molar-refractivity contribution in [1.82, 2.24) is 4.98 Å². The zero-order valence-electron chi connectivity index (χ0n) is 8.97. The van der Waals surface area contributed by atoms with Crippen molar-refractivity contribution in [3.63, 3.8) is 0 Å².